The van der Waals surface area contributed by atoms with Crippen molar-refractivity contribution in [1.82, 2.24) is 10.2 Å². The molecule has 2 N–H and O–H groups in total. The molecule has 33 heavy (non-hydrogen) atoms. The number of hydrogen-bond donors (Lipinski definition) is 2. The van der Waals surface area contributed by atoms with E-state index in [1.54, 1.807) is 32.9 Å². The lowest BCUT2D eigenvalue weighted by atomic mass is 10.0. The van der Waals surface area contributed by atoms with Crippen LogP contribution in [0.25, 0.3) is 0 Å². The molecule has 7 heteroatoms. The van der Waals surface area contributed by atoms with Gasteiger partial charge in [-0.1, -0.05) is 48.5 Å². The third-order valence-corrected chi connectivity index (χ3v) is 5.59. The van der Waals surface area contributed by atoms with Gasteiger partial charge in [-0.2, -0.15) is 0 Å². The topological polar surface area (TPSA) is 87.7 Å². The number of ether oxygens (including phenoxy) is 1. The van der Waals surface area contributed by atoms with Crippen LogP contribution in [0.5, 0.6) is 0 Å². The van der Waals surface area contributed by atoms with Gasteiger partial charge < -0.3 is 15.4 Å². The van der Waals surface area contributed by atoms with Crippen LogP contribution in [0.15, 0.2) is 48.5 Å². The van der Waals surface area contributed by atoms with Crippen molar-refractivity contribution in [3.63, 3.8) is 0 Å². The summed E-state index contributed by atoms with van der Waals surface area (Å²) < 4.78 is 5.47. The lowest BCUT2D eigenvalue weighted by molar-refractivity contribution is -0.129. The normalized spacial score (nSPS) is 16.8. The Hall–Kier alpha value is -3.35. The van der Waals surface area contributed by atoms with E-state index in [-0.39, 0.29) is 11.8 Å². The molecule has 2 unspecified atom stereocenters. The Balaban J connectivity index is 1.81. The number of carbonyl (C=O) groups excluding carboxylic acids is 3. The zero-order valence-corrected chi connectivity index (χ0v) is 20.0. The highest BCUT2D eigenvalue weighted by Gasteiger charge is 2.38. The highest BCUT2D eigenvalue weighted by atomic mass is 16.6. The highest BCUT2D eigenvalue weighted by Crippen LogP contribution is 2.25. The quantitative estimate of drug-likeness (QED) is 0.701. The minimum atomic E-state index is -0.904. The summed E-state index contributed by atoms with van der Waals surface area (Å²) in [4.78, 5) is 40.7. The van der Waals surface area contributed by atoms with Crippen LogP contribution in [0.1, 0.15) is 56.3 Å². The van der Waals surface area contributed by atoms with Crippen molar-refractivity contribution in [2.75, 3.05) is 11.9 Å². The summed E-state index contributed by atoms with van der Waals surface area (Å²) in [6.45, 7) is 9.67. The smallest absolute Gasteiger partial charge is 0.410 e. The zero-order chi connectivity index (χ0) is 24.2. The fourth-order valence-electron chi connectivity index (χ4n) is 3.97. The first-order valence-corrected chi connectivity index (χ1v) is 11.3. The van der Waals surface area contributed by atoms with E-state index in [1.807, 2.05) is 50.2 Å². The molecule has 0 radical (unpaired) electrons. The molecule has 1 saturated heterocycles. The van der Waals surface area contributed by atoms with Gasteiger partial charge in [-0.3, -0.25) is 14.5 Å². The molecule has 0 spiro atoms. The van der Waals surface area contributed by atoms with Crippen LogP contribution >= 0.6 is 0 Å². The summed E-state index contributed by atoms with van der Waals surface area (Å²) in [5.74, 6) is -0.711. The maximum absolute atomic E-state index is 13.3. The predicted octanol–water partition coefficient (Wildman–Crippen LogP) is 4.50. The Kier molecular flexibility index (Phi) is 7.41. The van der Waals surface area contributed by atoms with Gasteiger partial charge in [0.1, 0.15) is 17.7 Å². The van der Waals surface area contributed by atoms with E-state index in [0.717, 1.165) is 16.8 Å². The number of nitrogens with one attached hydrogen (secondary N) is 2. The van der Waals surface area contributed by atoms with E-state index in [1.165, 1.54) is 4.90 Å². The van der Waals surface area contributed by atoms with Crippen molar-refractivity contribution >= 4 is 23.6 Å². The number of aryl methyl sites for hydroxylation is 2. The Bertz CT molecular complexity index is 994. The summed E-state index contributed by atoms with van der Waals surface area (Å²) >= 11 is 0. The minimum absolute atomic E-state index is 0.339. The van der Waals surface area contributed by atoms with E-state index in [2.05, 4.69) is 10.6 Å². The number of hydrogen-bond acceptors (Lipinski definition) is 4. The molecule has 1 aliphatic heterocycles. The van der Waals surface area contributed by atoms with Crippen molar-refractivity contribution in [2.24, 2.45) is 0 Å². The average Bonchev–Trinajstić information content (AvgIpc) is 3.24. The second-order valence-electron chi connectivity index (χ2n) is 9.44. The largest absolute Gasteiger partial charge is 0.444 e. The maximum Gasteiger partial charge on any atom is 0.410 e. The van der Waals surface area contributed by atoms with Crippen molar-refractivity contribution in [1.29, 1.82) is 0 Å². The molecule has 1 aliphatic rings. The summed E-state index contributed by atoms with van der Waals surface area (Å²) in [7, 11) is 0. The lowest BCUT2D eigenvalue weighted by Crippen LogP contribution is -2.49. The first kappa shape index (κ1) is 24.3. The molecule has 0 aliphatic carbocycles. The van der Waals surface area contributed by atoms with Crippen LogP contribution in [-0.4, -0.2) is 41.0 Å². The van der Waals surface area contributed by atoms with Gasteiger partial charge in [0.15, 0.2) is 0 Å². The van der Waals surface area contributed by atoms with Gasteiger partial charge in [0.25, 0.3) is 5.91 Å². The molecular formula is C26H33N3O4. The standard InChI is InChI=1S/C26H33N3O4/c1-17-11-9-12-18(2)21(17)27-24(31)22(19-13-7-6-8-14-19)28-23(30)20-15-10-16-29(20)25(32)33-26(3,4)5/h6-9,11-14,20,22H,10,15-16H2,1-5H3,(H,27,31)(H,28,30). The molecule has 2 atom stereocenters. The predicted molar refractivity (Wildman–Crippen MR) is 128 cm³/mol. The van der Waals surface area contributed by atoms with Crippen molar-refractivity contribution in [2.45, 2.75) is 65.1 Å². The third-order valence-electron chi connectivity index (χ3n) is 5.59. The number of anilines is 1. The number of para-hydroxylation sites is 1. The Morgan fingerprint density at radius 1 is 1.00 bits per heavy atom. The number of nitrogens with zero attached hydrogens (tertiary/aromatic N) is 1. The van der Waals surface area contributed by atoms with Gasteiger partial charge >= 0.3 is 6.09 Å². The fourth-order valence-corrected chi connectivity index (χ4v) is 3.97. The van der Waals surface area contributed by atoms with Crippen molar-refractivity contribution < 1.29 is 19.1 Å². The second kappa shape index (κ2) is 10.1. The molecule has 0 bridgehead atoms. The van der Waals surface area contributed by atoms with Gasteiger partial charge in [-0.05, 0) is 64.2 Å². The molecule has 0 saturated carbocycles. The van der Waals surface area contributed by atoms with Crippen LogP contribution in [0.3, 0.4) is 0 Å². The summed E-state index contributed by atoms with van der Waals surface area (Å²) in [6.07, 6.45) is 0.698. The number of benzene rings is 2. The van der Waals surface area contributed by atoms with E-state index >= 15 is 0 Å². The Labute approximate surface area is 195 Å². The first-order chi connectivity index (χ1) is 15.6. The van der Waals surface area contributed by atoms with E-state index in [4.69, 9.17) is 4.74 Å². The molecular weight excluding hydrogens is 418 g/mol. The van der Waals surface area contributed by atoms with Crippen LogP contribution in [-0.2, 0) is 14.3 Å². The van der Waals surface area contributed by atoms with Gasteiger partial charge in [0.2, 0.25) is 5.91 Å². The third kappa shape index (κ3) is 6.12. The molecule has 7 nitrogen and oxygen atoms in total. The molecule has 3 rings (SSSR count). The van der Waals surface area contributed by atoms with E-state index < -0.39 is 23.8 Å². The lowest BCUT2D eigenvalue weighted by Gasteiger charge is -2.29. The Morgan fingerprint density at radius 2 is 1.64 bits per heavy atom. The molecule has 1 fully saturated rings. The molecule has 3 amide bonds. The van der Waals surface area contributed by atoms with Crippen LogP contribution in [0, 0.1) is 13.8 Å². The van der Waals surface area contributed by atoms with E-state index in [9.17, 15) is 14.4 Å². The zero-order valence-electron chi connectivity index (χ0n) is 20.0. The summed E-state index contributed by atoms with van der Waals surface area (Å²) in [5, 5.41) is 5.86. The maximum atomic E-state index is 13.3. The van der Waals surface area contributed by atoms with Crippen LogP contribution < -0.4 is 10.6 Å². The van der Waals surface area contributed by atoms with Crippen molar-refractivity contribution in [3.8, 4) is 0 Å². The minimum Gasteiger partial charge on any atom is -0.444 e. The Morgan fingerprint density at radius 3 is 2.24 bits per heavy atom. The van der Waals surface area contributed by atoms with Crippen LogP contribution in [0.2, 0.25) is 0 Å². The van der Waals surface area contributed by atoms with Gasteiger partial charge in [0.05, 0.1) is 0 Å². The van der Waals surface area contributed by atoms with Gasteiger partial charge in [0, 0.05) is 12.2 Å². The number of carbonyl (C=O) groups is 3. The highest BCUT2D eigenvalue weighted by molar-refractivity contribution is 5.99. The number of likely N-dealkylation sites (tertiary alicyclic amines) is 1. The average molecular weight is 452 g/mol. The number of rotatable bonds is 5. The molecule has 1 heterocycles. The molecule has 0 aromatic heterocycles. The summed E-state index contributed by atoms with van der Waals surface area (Å²) in [6, 6.07) is 13.3. The van der Waals surface area contributed by atoms with Crippen molar-refractivity contribution in [3.05, 3.63) is 65.2 Å². The first-order valence-electron chi connectivity index (χ1n) is 11.3. The summed E-state index contributed by atoms with van der Waals surface area (Å²) in [5.41, 5.74) is 2.62. The van der Waals surface area contributed by atoms with E-state index in [0.29, 0.717) is 24.9 Å². The van der Waals surface area contributed by atoms with Gasteiger partial charge in [-0.15, -0.1) is 0 Å². The monoisotopic (exact) mass is 451 g/mol. The SMILES string of the molecule is Cc1cccc(C)c1NC(=O)C(NC(=O)C1CCCN1C(=O)OC(C)(C)C)c1ccccc1. The fraction of sp³-hybridized carbons (Fsp3) is 0.423. The molecule has 2 aromatic rings. The molecule has 176 valence electrons. The molecule has 2 aromatic carbocycles. The van der Waals surface area contributed by atoms with Crippen LogP contribution in [0.4, 0.5) is 10.5 Å². The second-order valence-corrected chi connectivity index (χ2v) is 9.44. The van der Waals surface area contributed by atoms with Gasteiger partial charge in [-0.25, -0.2) is 4.79 Å². The number of amides is 3.